The van der Waals surface area contributed by atoms with Crippen molar-refractivity contribution in [3.8, 4) is 0 Å². The lowest BCUT2D eigenvalue weighted by molar-refractivity contribution is 0.0499. The zero-order chi connectivity index (χ0) is 10.4. The van der Waals surface area contributed by atoms with Crippen LogP contribution in [0.15, 0.2) is 11.4 Å². The summed E-state index contributed by atoms with van der Waals surface area (Å²) in [6.07, 6.45) is 1.32. The molecule has 3 N–H and O–H groups in total. The van der Waals surface area contributed by atoms with Crippen LogP contribution in [0.25, 0.3) is 0 Å². The fourth-order valence-corrected chi connectivity index (χ4v) is 1.64. The number of rotatable bonds is 5. The van der Waals surface area contributed by atoms with E-state index in [1.807, 2.05) is 0 Å². The monoisotopic (exact) mass is 215 g/mol. The highest BCUT2D eigenvalue weighted by molar-refractivity contribution is 7.12. The molecule has 1 heterocycles. The summed E-state index contributed by atoms with van der Waals surface area (Å²) in [6.45, 7) is 0.454. The fraction of sp³-hybridized carbons (Fsp3) is 0.444. The van der Waals surface area contributed by atoms with E-state index in [1.165, 1.54) is 11.3 Å². The number of anilines is 1. The number of unbranched alkanes of at least 4 members (excludes halogenated alkanes) is 1. The highest BCUT2D eigenvalue weighted by atomic mass is 32.1. The van der Waals surface area contributed by atoms with E-state index in [0.29, 0.717) is 30.0 Å². The Kier molecular flexibility index (Phi) is 4.42. The Morgan fingerprint density at radius 3 is 2.93 bits per heavy atom. The Balaban J connectivity index is 2.32. The van der Waals surface area contributed by atoms with E-state index in [-0.39, 0.29) is 12.6 Å². The standard InChI is InChI=1S/C9H13NO3S/c10-7-3-6-14-8(7)9(12)13-5-2-1-4-11/h3,6,11H,1-2,4-5,10H2. The average Bonchev–Trinajstić information content (AvgIpc) is 2.59. The molecule has 4 nitrogen and oxygen atoms in total. The van der Waals surface area contributed by atoms with Crippen LogP contribution in [-0.2, 0) is 4.74 Å². The van der Waals surface area contributed by atoms with Crippen LogP contribution in [0.4, 0.5) is 5.69 Å². The summed E-state index contributed by atoms with van der Waals surface area (Å²) < 4.78 is 4.95. The minimum atomic E-state index is -0.379. The van der Waals surface area contributed by atoms with Crippen molar-refractivity contribution in [2.45, 2.75) is 12.8 Å². The van der Waals surface area contributed by atoms with Gasteiger partial charge >= 0.3 is 5.97 Å². The molecule has 0 radical (unpaired) electrons. The first-order valence-corrected chi connectivity index (χ1v) is 5.24. The highest BCUT2D eigenvalue weighted by Crippen LogP contribution is 2.19. The van der Waals surface area contributed by atoms with Crippen LogP contribution in [0, 0.1) is 0 Å². The lowest BCUT2D eigenvalue weighted by Crippen LogP contribution is -2.07. The van der Waals surface area contributed by atoms with Crippen LogP contribution < -0.4 is 5.73 Å². The Morgan fingerprint density at radius 2 is 2.36 bits per heavy atom. The average molecular weight is 215 g/mol. The van der Waals surface area contributed by atoms with Gasteiger partial charge in [-0.25, -0.2) is 4.79 Å². The molecule has 0 fully saturated rings. The first-order valence-electron chi connectivity index (χ1n) is 4.36. The van der Waals surface area contributed by atoms with Gasteiger partial charge in [-0.1, -0.05) is 0 Å². The van der Waals surface area contributed by atoms with Crippen molar-refractivity contribution < 1.29 is 14.6 Å². The van der Waals surface area contributed by atoms with Gasteiger partial charge in [0.2, 0.25) is 0 Å². The topological polar surface area (TPSA) is 72.6 Å². The smallest absolute Gasteiger partial charge is 0.350 e. The number of hydrogen-bond donors (Lipinski definition) is 2. The maximum Gasteiger partial charge on any atom is 0.350 e. The molecule has 0 saturated carbocycles. The molecule has 1 aromatic heterocycles. The van der Waals surface area contributed by atoms with Gasteiger partial charge in [0.1, 0.15) is 4.88 Å². The van der Waals surface area contributed by atoms with Gasteiger partial charge in [-0.2, -0.15) is 0 Å². The second-order valence-electron chi connectivity index (χ2n) is 2.77. The Hall–Kier alpha value is -1.07. The van der Waals surface area contributed by atoms with Crippen LogP contribution in [0.3, 0.4) is 0 Å². The molecule has 5 heteroatoms. The van der Waals surface area contributed by atoms with E-state index in [1.54, 1.807) is 11.4 Å². The molecule has 14 heavy (non-hydrogen) atoms. The minimum Gasteiger partial charge on any atom is -0.461 e. The van der Waals surface area contributed by atoms with E-state index >= 15 is 0 Å². The first-order chi connectivity index (χ1) is 6.75. The third-order valence-electron chi connectivity index (χ3n) is 1.67. The molecule has 0 spiro atoms. The normalized spacial score (nSPS) is 10.1. The second-order valence-corrected chi connectivity index (χ2v) is 3.69. The number of aliphatic hydroxyl groups excluding tert-OH is 1. The zero-order valence-corrected chi connectivity index (χ0v) is 8.55. The predicted molar refractivity (Wildman–Crippen MR) is 55.3 cm³/mol. The van der Waals surface area contributed by atoms with Crippen LogP contribution >= 0.6 is 11.3 Å². The zero-order valence-electron chi connectivity index (χ0n) is 7.73. The number of carbonyl (C=O) groups excluding carboxylic acids is 1. The van der Waals surface area contributed by atoms with Gasteiger partial charge in [0, 0.05) is 6.61 Å². The summed E-state index contributed by atoms with van der Waals surface area (Å²) in [5.41, 5.74) is 6.00. The molecule has 0 aliphatic carbocycles. The summed E-state index contributed by atoms with van der Waals surface area (Å²) in [7, 11) is 0. The van der Waals surface area contributed by atoms with E-state index in [2.05, 4.69) is 0 Å². The second kappa shape index (κ2) is 5.62. The number of ether oxygens (including phenoxy) is 1. The molecule has 1 rings (SSSR count). The molecule has 0 amide bonds. The minimum absolute atomic E-state index is 0.124. The van der Waals surface area contributed by atoms with Crippen LogP contribution in [0.5, 0.6) is 0 Å². The molecule has 0 bridgehead atoms. The van der Waals surface area contributed by atoms with Gasteiger partial charge in [0.15, 0.2) is 0 Å². The SMILES string of the molecule is Nc1ccsc1C(=O)OCCCCO. The third-order valence-corrected chi connectivity index (χ3v) is 2.58. The van der Waals surface area contributed by atoms with Crippen molar-refractivity contribution in [2.75, 3.05) is 18.9 Å². The number of nitrogen functional groups attached to an aromatic ring is 1. The highest BCUT2D eigenvalue weighted by Gasteiger charge is 2.11. The summed E-state index contributed by atoms with van der Waals surface area (Å²) in [6, 6.07) is 1.68. The summed E-state index contributed by atoms with van der Waals surface area (Å²) in [5.74, 6) is -0.379. The molecule has 1 aromatic rings. The maximum atomic E-state index is 11.3. The van der Waals surface area contributed by atoms with Gasteiger partial charge in [-0.3, -0.25) is 0 Å². The molecule has 0 unspecified atom stereocenters. The van der Waals surface area contributed by atoms with Gasteiger partial charge in [-0.15, -0.1) is 11.3 Å². The number of nitrogens with two attached hydrogens (primary N) is 1. The van der Waals surface area contributed by atoms with Crippen molar-refractivity contribution in [3.63, 3.8) is 0 Å². The summed E-state index contributed by atoms with van der Waals surface area (Å²) >= 11 is 1.27. The van der Waals surface area contributed by atoms with Crippen LogP contribution in [0.2, 0.25) is 0 Å². The molecule has 0 saturated heterocycles. The third kappa shape index (κ3) is 3.01. The van der Waals surface area contributed by atoms with E-state index in [0.717, 1.165) is 0 Å². The van der Waals surface area contributed by atoms with Crippen molar-refractivity contribution in [2.24, 2.45) is 0 Å². The van der Waals surface area contributed by atoms with Crippen LogP contribution in [0.1, 0.15) is 22.5 Å². The lowest BCUT2D eigenvalue weighted by Gasteiger charge is -2.02. The lowest BCUT2D eigenvalue weighted by atomic mass is 10.3. The Labute approximate surface area is 86.3 Å². The number of thiophene rings is 1. The fourth-order valence-electron chi connectivity index (χ4n) is 0.929. The molecule has 0 aromatic carbocycles. The number of esters is 1. The molecule has 0 aliphatic rings. The Morgan fingerprint density at radius 1 is 1.57 bits per heavy atom. The van der Waals surface area contributed by atoms with Gasteiger partial charge < -0.3 is 15.6 Å². The van der Waals surface area contributed by atoms with Crippen molar-refractivity contribution >= 4 is 23.0 Å². The van der Waals surface area contributed by atoms with Gasteiger partial charge in [-0.05, 0) is 24.3 Å². The van der Waals surface area contributed by atoms with Crippen molar-refractivity contribution in [1.29, 1.82) is 0 Å². The number of aliphatic hydroxyl groups is 1. The molecule has 78 valence electrons. The quantitative estimate of drug-likeness (QED) is 0.573. The number of carbonyl (C=O) groups is 1. The predicted octanol–water partition coefficient (Wildman–Crippen LogP) is 1.26. The van der Waals surface area contributed by atoms with E-state index < -0.39 is 0 Å². The van der Waals surface area contributed by atoms with Crippen molar-refractivity contribution in [1.82, 2.24) is 0 Å². The molecular weight excluding hydrogens is 202 g/mol. The largest absolute Gasteiger partial charge is 0.461 e. The van der Waals surface area contributed by atoms with Crippen LogP contribution in [-0.4, -0.2) is 24.3 Å². The molecule has 0 aliphatic heterocycles. The van der Waals surface area contributed by atoms with E-state index in [4.69, 9.17) is 15.6 Å². The summed E-state index contributed by atoms with van der Waals surface area (Å²) in [5, 5.41) is 10.3. The number of hydrogen-bond acceptors (Lipinski definition) is 5. The van der Waals surface area contributed by atoms with Crippen molar-refractivity contribution in [3.05, 3.63) is 16.3 Å². The molecular formula is C9H13NO3S. The van der Waals surface area contributed by atoms with E-state index in [9.17, 15) is 4.79 Å². The maximum absolute atomic E-state index is 11.3. The first kappa shape index (κ1) is 11.0. The van der Waals surface area contributed by atoms with Gasteiger partial charge in [0.25, 0.3) is 0 Å². The Bertz CT molecular complexity index is 298. The molecule has 0 atom stereocenters. The van der Waals surface area contributed by atoms with Gasteiger partial charge in [0.05, 0.1) is 12.3 Å². The summed E-state index contributed by atoms with van der Waals surface area (Å²) in [4.78, 5) is 11.8.